The van der Waals surface area contributed by atoms with Crippen LogP contribution in [0.1, 0.15) is 25.5 Å². The molecule has 2 amide bonds. The molecule has 6 heteroatoms. The van der Waals surface area contributed by atoms with Crippen molar-refractivity contribution < 1.29 is 14.7 Å². The molecule has 0 radical (unpaired) electrons. The standard InChI is InChI=1S/C13H17N3O3/c1-8-4-11(5-8)16-13(19)15-10-3-2-9(14-7-10)6-12(17)18/h2-3,7-8,11H,4-6H2,1H3,(H,17,18)(H2,15,16,19). The van der Waals surface area contributed by atoms with Gasteiger partial charge < -0.3 is 15.7 Å². The Labute approximate surface area is 111 Å². The number of aromatic nitrogens is 1. The van der Waals surface area contributed by atoms with Crippen molar-refractivity contribution in [1.29, 1.82) is 0 Å². The number of carbonyl (C=O) groups is 2. The number of nitrogens with one attached hydrogen (secondary N) is 2. The lowest BCUT2D eigenvalue weighted by Gasteiger charge is -2.33. The van der Waals surface area contributed by atoms with Gasteiger partial charge in [-0.15, -0.1) is 0 Å². The summed E-state index contributed by atoms with van der Waals surface area (Å²) >= 11 is 0. The van der Waals surface area contributed by atoms with E-state index < -0.39 is 5.97 Å². The number of aliphatic carboxylic acids is 1. The number of carboxylic acids is 1. The van der Waals surface area contributed by atoms with Gasteiger partial charge in [0.15, 0.2) is 0 Å². The zero-order valence-corrected chi connectivity index (χ0v) is 10.7. The molecule has 0 bridgehead atoms. The minimum Gasteiger partial charge on any atom is -0.481 e. The average Bonchev–Trinajstić information content (AvgIpc) is 2.29. The first-order chi connectivity index (χ1) is 9.02. The fraction of sp³-hybridized carbons (Fsp3) is 0.462. The summed E-state index contributed by atoms with van der Waals surface area (Å²) in [6.45, 7) is 2.15. The van der Waals surface area contributed by atoms with Gasteiger partial charge in [0.25, 0.3) is 0 Å². The molecule has 0 saturated heterocycles. The maximum absolute atomic E-state index is 11.6. The molecule has 1 saturated carbocycles. The first-order valence-electron chi connectivity index (χ1n) is 6.27. The Kier molecular flexibility index (Phi) is 3.99. The van der Waals surface area contributed by atoms with Crippen LogP contribution in [0.3, 0.4) is 0 Å². The summed E-state index contributed by atoms with van der Waals surface area (Å²) in [5.41, 5.74) is 1.02. The summed E-state index contributed by atoms with van der Waals surface area (Å²) in [5.74, 6) is -0.243. The Morgan fingerprint density at radius 1 is 1.42 bits per heavy atom. The van der Waals surface area contributed by atoms with Crippen molar-refractivity contribution in [2.45, 2.75) is 32.2 Å². The van der Waals surface area contributed by atoms with Gasteiger partial charge >= 0.3 is 12.0 Å². The molecule has 1 heterocycles. The Hall–Kier alpha value is -2.11. The van der Waals surface area contributed by atoms with Gasteiger partial charge in [0.2, 0.25) is 0 Å². The van der Waals surface area contributed by atoms with E-state index in [2.05, 4.69) is 22.5 Å². The van der Waals surface area contributed by atoms with Crippen LogP contribution in [0.25, 0.3) is 0 Å². The van der Waals surface area contributed by atoms with Gasteiger partial charge in [-0.3, -0.25) is 9.78 Å². The maximum Gasteiger partial charge on any atom is 0.319 e. The number of nitrogens with zero attached hydrogens (tertiary/aromatic N) is 1. The van der Waals surface area contributed by atoms with Crippen molar-refractivity contribution in [3.63, 3.8) is 0 Å². The number of carboxylic acid groups (broad SMARTS) is 1. The van der Waals surface area contributed by atoms with Gasteiger partial charge in [-0.2, -0.15) is 0 Å². The molecule has 0 aromatic carbocycles. The Morgan fingerprint density at radius 3 is 2.68 bits per heavy atom. The molecule has 19 heavy (non-hydrogen) atoms. The molecular weight excluding hydrogens is 246 g/mol. The number of carbonyl (C=O) groups excluding carboxylic acids is 1. The van der Waals surface area contributed by atoms with Crippen LogP contribution in [0.2, 0.25) is 0 Å². The fourth-order valence-electron chi connectivity index (χ4n) is 2.13. The zero-order chi connectivity index (χ0) is 13.8. The number of rotatable bonds is 4. The van der Waals surface area contributed by atoms with Crippen LogP contribution in [0.5, 0.6) is 0 Å². The van der Waals surface area contributed by atoms with Crippen molar-refractivity contribution in [2.75, 3.05) is 5.32 Å². The van der Waals surface area contributed by atoms with Crippen LogP contribution in [0, 0.1) is 5.92 Å². The predicted octanol–water partition coefficient (Wildman–Crippen LogP) is 1.63. The highest BCUT2D eigenvalue weighted by molar-refractivity contribution is 5.89. The highest BCUT2D eigenvalue weighted by atomic mass is 16.4. The molecule has 0 aliphatic heterocycles. The molecule has 0 unspecified atom stereocenters. The van der Waals surface area contributed by atoms with E-state index in [1.807, 2.05) is 0 Å². The molecule has 1 aromatic heterocycles. The van der Waals surface area contributed by atoms with Gasteiger partial charge in [0, 0.05) is 6.04 Å². The highest BCUT2D eigenvalue weighted by Crippen LogP contribution is 2.26. The van der Waals surface area contributed by atoms with Crippen molar-refractivity contribution in [3.05, 3.63) is 24.0 Å². The number of urea groups is 1. The largest absolute Gasteiger partial charge is 0.481 e. The van der Waals surface area contributed by atoms with Crippen molar-refractivity contribution >= 4 is 17.7 Å². The second-order valence-corrected chi connectivity index (χ2v) is 4.98. The van der Waals surface area contributed by atoms with Gasteiger partial charge in [-0.1, -0.05) is 6.92 Å². The number of hydrogen-bond acceptors (Lipinski definition) is 3. The zero-order valence-electron chi connectivity index (χ0n) is 10.7. The third-order valence-electron chi connectivity index (χ3n) is 3.12. The first-order valence-corrected chi connectivity index (χ1v) is 6.27. The minimum absolute atomic E-state index is 0.119. The van der Waals surface area contributed by atoms with E-state index in [1.54, 1.807) is 12.1 Å². The van der Waals surface area contributed by atoms with E-state index in [0.29, 0.717) is 17.3 Å². The lowest BCUT2D eigenvalue weighted by Crippen LogP contribution is -2.45. The fourth-order valence-corrected chi connectivity index (χ4v) is 2.13. The van der Waals surface area contributed by atoms with E-state index in [0.717, 1.165) is 12.8 Å². The molecule has 0 atom stereocenters. The van der Waals surface area contributed by atoms with E-state index >= 15 is 0 Å². The topological polar surface area (TPSA) is 91.3 Å². The molecule has 0 spiro atoms. The summed E-state index contributed by atoms with van der Waals surface area (Å²) < 4.78 is 0. The van der Waals surface area contributed by atoms with E-state index in [-0.39, 0.29) is 18.5 Å². The first kappa shape index (κ1) is 13.3. The molecule has 1 fully saturated rings. The van der Waals surface area contributed by atoms with Gasteiger partial charge in [0.05, 0.1) is 24.0 Å². The lowest BCUT2D eigenvalue weighted by molar-refractivity contribution is -0.136. The van der Waals surface area contributed by atoms with Crippen molar-refractivity contribution in [1.82, 2.24) is 10.3 Å². The molecule has 3 N–H and O–H groups in total. The van der Waals surface area contributed by atoms with Gasteiger partial charge in [0.1, 0.15) is 0 Å². The second-order valence-electron chi connectivity index (χ2n) is 4.98. The highest BCUT2D eigenvalue weighted by Gasteiger charge is 2.26. The van der Waals surface area contributed by atoms with Crippen molar-refractivity contribution in [2.24, 2.45) is 5.92 Å². The molecule has 1 aliphatic rings. The minimum atomic E-state index is -0.926. The third kappa shape index (κ3) is 3.94. The number of anilines is 1. The normalized spacial score (nSPS) is 21.3. The summed E-state index contributed by atoms with van der Waals surface area (Å²) in [4.78, 5) is 26.1. The molecule has 1 aromatic rings. The second kappa shape index (κ2) is 5.69. The quantitative estimate of drug-likeness (QED) is 0.770. The summed E-state index contributed by atoms with van der Waals surface area (Å²) in [6, 6.07) is 3.25. The molecule has 102 valence electrons. The SMILES string of the molecule is CC1CC(NC(=O)Nc2ccc(CC(=O)O)nc2)C1. The molecule has 2 rings (SSSR count). The summed E-state index contributed by atoms with van der Waals surface area (Å²) in [7, 11) is 0. The Bertz CT molecular complexity index is 467. The Morgan fingerprint density at radius 2 is 2.16 bits per heavy atom. The third-order valence-corrected chi connectivity index (χ3v) is 3.12. The molecule has 6 nitrogen and oxygen atoms in total. The van der Waals surface area contributed by atoms with Crippen LogP contribution in [-0.4, -0.2) is 28.1 Å². The Balaban J connectivity index is 1.81. The van der Waals surface area contributed by atoms with Crippen LogP contribution in [-0.2, 0) is 11.2 Å². The lowest BCUT2D eigenvalue weighted by atomic mass is 9.82. The smallest absolute Gasteiger partial charge is 0.319 e. The van der Waals surface area contributed by atoms with E-state index in [4.69, 9.17) is 5.11 Å². The monoisotopic (exact) mass is 263 g/mol. The van der Waals surface area contributed by atoms with Crippen LogP contribution in [0.4, 0.5) is 10.5 Å². The number of amides is 2. The van der Waals surface area contributed by atoms with Crippen LogP contribution < -0.4 is 10.6 Å². The maximum atomic E-state index is 11.6. The van der Waals surface area contributed by atoms with Gasteiger partial charge in [-0.05, 0) is 30.9 Å². The summed E-state index contributed by atoms with van der Waals surface area (Å²) in [6.07, 6.45) is 3.38. The number of hydrogen-bond donors (Lipinski definition) is 3. The van der Waals surface area contributed by atoms with E-state index in [9.17, 15) is 9.59 Å². The summed E-state index contributed by atoms with van der Waals surface area (Å²) in [5, 5.41) is 14.2. The van der Waals surface area contributed by atoms with Crippen LogP contribution in [0.15, 0.2) is 18.3 Å². The van der Waals surface area contributed by atoms with E-state index in [1.165, 1.54) is 6.20 Å². The number of pyridine rings is 1. The molecule has 1 aliphatic carbocycles. The van der Waals surface area contributed by atoms with Crippen molar-refractivity contribution in [3.8, 4) is 0 Å². The van der Waals surface area contributed by atoms with Gasteiger partial charge in [-0.25, -0.2) is 4.79 Å². The predicted molar refractivity (Wildman–Crippen MR) is 69.9 cm³/mol. The molecular formula is C13H17N3O3. The van der Waals surface area contributed by atoms with Crippen LogP contribution >= 0.6 is 0 Å². The average molecular weight is 263 g/mol.